The molecule has 36 heavy (non-hydrogen) atoms. The fraction of sp³-hybridized carbons (Fsp3) is 0.345. The van der Waals surface area contributed by atoms with Crippen molar-refractivity contribution in [3.05, 3.63) is 108 Å². The summed E-state index contributed by atoms with van der Waals surface area (Å²) in [6.45, 7) is 2.08. The first kappa shape index (κ1) is 26.0. The lowest BCUT2D eigenvalue weighted by Crippen LogP contribution is -2.61. The number of ether oxygens (including phenoxy) is 5. The van der Waals surface area contributed by atoms with Gasteiger partial charge in [-0.3, -0.25) is 4.79 Å². The van der Waals surface area contributed by atoms with E-state index < -0.39 is 36.7 Å². The van der Waals surface area contributed by atoms with Gasteiger partial charge in [-0.05, 0) is 16.7 Å². The van der Waals surface area contributed by atoms with Crippen molar-refractivity contribution in [2.75, 3.05) is 6.61 Å². The zero-order chi connectivity index (χ0) is 25.2. The first-order valence-electron chi connectivity index (χ1n) is 12.0. The SMILES string of the molecule is CC(=O)OCC1OC(O)C(OCc2ccccc2)C(OCc2ccccc2)C1OCc1ccccc1. The van der Waals surface area contributed by atoms with E-state index in [-0.39, 0.29) is 26.4 Å². The lowest BCUT2D eigenvalue weighted by atomic mass is 9.98. The Labute approximate surface area is 211 Å². The van der Waals surface area contributed by atoms with Crippen LogP contribution in [-0.4, -0.2) is 48.4 Å². The highest BCUT2D eigenvalue weighted by molar-refractivity contribution is 5.65. The number of carbonyl (C=O) groups is 1. The summed E-state index contributed by atoms with van der Waals surface area (Å²) in [4.78, 5) is 11.5. The molecule has 7 heteroatoms. The zero-order valence-corrected chi connectivity index (χ0v) is 20.3. The van der Waals surface area contributed by atoms with Crippen LogP contribution in [0.25, 0.3) is 0 Å². The van der Waals surface area contributed by atoms with Gasteiger partial charge in [-0.25, -0.2) is 0 Å². The van der Waals surface area contributed by atoms with Crippen LogP contribution in [-0.2, 0) is 48.3 Å². The van der Waals surface area contributed by atoms with Crippen LogP contribution in [0.1, 0.15) is 23.6 Å². The molecule has 1 saturated heterocycles. The molecule has 0 bridgehead atoms. The standard InChI is InChI=1S/C29H32O7/c1-21(30)32-20-25-26(33-17-22-11-5-2-6-12-22)27(34-18-23-13-7-3-8-14-23)28(29(31)36-25)35-19-24-15-9-4-10-16-24/h2-16,25-29,31H,17-20H2,1H3. The Hall–Kier alpha value is -3.07. The minimum atomic E-state index is -1.30. The number of hydrogen-bond acceptors (Lipinski definition) is 7. The fourth-order valence-corrected chi connectivity index (χ4v) is 4.10. The minimum absolute atomic E-state index is 0.0809. The maximum absolute atomic E-state index is 11.5. The predicted octanol–water partition coefficient (Wildman–Crippen LogP) is 4.02. The van der Waals surface area contributed by atoms with Crippen LogP contribution in [0.2, 0.25) is 0 Å². The van der Waals surface area contributed by atoms with Gasteiger partial charge in [-0.1, -0.05) is 91.0 Å². The number of hydrogen-bond donors (Lipinski definition) is 1. The molecule has 1 aliphatic heterocycles. The number of rotatable bonds is 11. The van der Waals surface area contributed by atoms with Gasteiger partial charge in [0.1, 0.15) is 31.0 Å². The summed E-state index contributed by atoms with van der Waals surface area (Å²) in [5, 5.41) is 10.9. The highest BCUT2D eigenvalue weighted by Crippen LogP contribution is 2.30. The van der Waals surface area contributed by atoms with Crippen LogP contribution in [0, 0.1) is 0 Å². The molecule has 0 amide bonds. The fourth-order valence-electron chi connectivity index (χ4n) is 4.10. The molecule has 1 fully saturated rings. The van der Waals surface area contributed by atoms with Crippen molar-refractivity contribution in [3.63, 3.8) is 0 Å². The van der Waals surface area contributed by atoms with Crippen LogP contribution < -0.4 is 0 Å². The Morgan fingerprint density at radius 1 is 0.694 bits per heavy atom. The van der Waals surface area contributed by atoms with Gasteiger partial charge in [0.25, 0.3) is 0 Å². The topological polar surface area (TPSA) is 83.5 Å². The summed E-state index contributed by atoms with van der Waals surface area (Å²) in [6, 6.07) is 29.2. The third-order valence-corrected chi connectivity index (χ3v) is 5.92. The number of aliphatic hydroxyl groups is 1. The Bertz CT molecular complexity index is 1040. The number of aliphatic hydroxyl groups excluding tert-OH is 1. The van der Waals surface area contributed by atoms with Gasteiger partial charge in [-0.2, -0.15) is 0 Å². The van der Waals surface area contributed by atoms with Gasteiger partial charge >= 0.3 is 5.97 Å². The second-order valence-corrected chi connectivity index (χ2v) is 8.65. The summed E-state index contributed by atoms with van der Waals surface area (Å²) in [6.07, 6.45) is -4.24. The largest absolute Gasteiger partial charge is 0.463 e. The van der Waals surface area contributed by atoms with Crippen LogP contribution in [0.5, 0.6) is 0 Å². The van der Waals surface area contributed by atoms with E-state index in [0.29, 0.717) is 0 Å². The van der Waals surface area contributed by atoms with Crippen molar-refractivity contribution < 1.29 is 33.6 Å². The highest BCUT2D eigenvalue weighted by Gasteiger charge is 2.48. The quantitative estimate of drug-likeness (QED) is 0.405. The second kappa shape index (κ2) is 13.3. The number of benzene rings is 3. The van der Waals surface area contributed by atoms with E-state index in [1.807, 2.05) is 91.0 Å². The summed E-state index contributed by atoms with van der Waals surface area (Å²) < 4.78 is 29.9. The molecule has 3 aromatic rings. The molecule has 190 valence electrons. The van der Waals surface area contributed by atoms with E-state index in [1.165, 1.54) is 6.92 Å². The van der Waals surface area contributed by atoms with Crippen LogP contribution in [0.15, 0.2) is 91.0 Å². The Balaban J connectivity index is 1.57. The molecular formula is C29H32O7. The highest BCUT2D eigenvalue weighted by atomic mass is 16.7. The maximum atomic E-state index is 11.5. The third-order valence-electron chi connectivity index (χ3n) is 5.92. The zero-order valence-electron chi connectivity index (χ0n) is 20.3. The molecule has 0 saturated carbocycles. The van der Waals surface area contributed by atoms with E-state index in [1.54, 1.807) is 0 Å². The monoisotopic (exact) mass is 492 g/mol. The van der Waals surface area contributed by atoms with E-state index in [2.05, 4.69) is 0 Å². The van der Waals surface area contributed by atoms with Crippen molar-refractivity contribution >= 4 is 5.97 Å². The molecule has 0 aliphatic carbocycles. The maximum Gasteiger partial charge on any atom is 0.302 e. The Morgan fingerprint density at radius 3 is 1.56 bits per heavy atom. The summed E-state index contributed by atoms with van der Waals surface area (Å²) in [5.74, 6) is -0.445. The molecule has 5 atom stereocenters. The molecule has 4 rings (SSSR count). The van der Waals surface area contributed by atoms with E-state index in [9.17, 15) is 9.90 Å². The molecule has 5 unspecified atom stereocenters. The van der Waals surface area contributed by atoms with E-state index in [4.69, 9.17) is 23.7 Å². The smallest absolute Gasteiger partial charge is 0.302 e. The summed E-state index contributed by atoms with van der Waals surface area (Å²) in [7, 11) is 0. The lowest BCUT2D eigenvalue weighted by molar-refractivity contribution is -0.315. The molecule has 1 aliphatic rings. The molecule has 0 radical (unpaired) electrons. The molecular weight excluding hydrogens is 460 g/mol. The molecule has 0 spiro atoms. The molecule has 1 heterocycles. The van der Waals surface area contributed by atoms with Gasteiger partial charge < -0.3 is 28.8 Å². The van der Waals surface area contributed by atoms with Gasteiger partial charge in [-0.15, -0.1) is 0 Å². The van der Waals surface area contributed by atoms with Crippen LogP contribution >= 0.6 is 0 Å². The number of esters is 1. The second-order valence-electron chi connectivity index (χ2n) is 8.65. The van der Waals surface area contributed by atoms with Gasteiger partial charge in [0.2, 0.25) is 0 Å². The Kier molecular flexibility index (Phi) is 9.61. The van der Waals surface area contributed by atoms with Crippen molar-refractivity contribution in [1.82, 2.24) is 0 Å². The minimum Gasteiger partial charge on any atom is -0.463 e. The van der Waals surface area contributed by atoms with Gasteiger partial charge in [0.05, 0.1) is 19.8 Å². The van der Waals surface area contributed by atoms with E-state index in [0.717, 1.165) is 16.7 Å². The van der Waals surface area contributed by atoms with E-state index >= 15 is 0 Å². The Morgan fingerprint density at radius 2 is 1.11 bits per heavy atom. The average molecular weight is 493 g/mol. The van der Waals surface area contributed by atoms with Gasteiger partial charge in [0, 0.05) is 6.92 Å². The first-order chi connectivity index (χ1) is 17.6. The van der Waals surface area contributed by atoms with Crippen molar-refractivity contribution in [1.29, 1.82) is 0 Å². The van der Waals surface area contributed by atoms with Crippen molar-refractivity contribution in [3.8, 4) is 0 Å². The molecule has 3 aromatic carbocycles. The normalized spacial score (nSPS) is 23.8. The summed E-state index contributed by atoms with van der Waals surface area (Å²) in [5.41, 5.74) is 2.90. The van der Waals surface area contributed by atoms with Gasteiger partial charge in [0.15, 0.2) is 6.29 Å². The predicted molar refractivity (Wildman–Crippen MR) is 133 cm³/mol. The average Bonchev–Trinajstić information content (AvgIpc) is 2.91. The molecule has 0 aromatic heterocycles. The third kappa shape index (κ3) is 7.46. The van der Waals surface area contributed by atoms with Crippen LogP contribution in [0.4, 0.5) is 0 Å². The lowest BCUT2D eigenvalue weighted by Gasteiger charge is -2.44. The molecule has 7 nitrogen and oxygen atoms in total. The number of carbonyl (C=O) groups excluding carboxylic acids is 1. The van der Waals surface area contributed by atoms with Crippen LogP contribution in [0.3, 0.4) is 0 Å². The summed E-state index contributed by atoms with van der Waals surface area (Å²) >= 11 is 0. The molecule has 1 N–H and O–H groups in total. The first-order valence-corrected chi connectivity index (χ1v) is 12.0. The van der Waals surface area contributed by atoms with Crippen molar-refractivity contribution in [2.45, 2.75) is 57.5 Å². The van der Waals surface area contributed by atoms with Crippen molar-refractivity contribution in [2.24, 2.45) is 0 Å².